The third-order valence-electron chi connectivity index (χ3n) is 3.85. The number of rotatable bonds is 7. The Morgan fingerprint density at radius 3 is 2.68 bits per heavy atom. The van der Waals surface area contributed by atoms with Gasteiger partial charge in [-0.1, -0.05) is 30.0 Å². The number of imidazole rings is 1. The van der Waals surface area contributed by atoms with Crippen molar-refractivity contribution in [2.45, 2.75) is 32.0 Å². The minimum absolute atomic E-state index is 0.479. The minimum Gasteiger partial charge on any atom is -0.493 e. The van der Waals surface area contributed by atoms with Crippen LogP contribution in [0.15, 0.2) is 47.6 Å². The molecular formula is C20H21N3OS. The van der Waals surface area contributed by atoms with E-state index in [1.165, 1.54) is 11.1 Å². The van der Waals surface area contributed by atoms with E-state index in [4.69, 9.17) is 15.0 Å². The van der Waals surface area contributed by atoms with Crippen LogP contribution in [0.2, 0.25) is 0 Å². The number of hydrogen-bond acceptors (Lipinski definition) is 4. The summed E-state index contributed by atoms with van der Waals surface area (Å²) in [6, 6.07) is 16.5. The summed E-state index contributed by atoms with van der Waals surface area (Å²) in [7, 11) is 0. The van der Waals surface area contributed by atoms with Crippen molar-refractivity contribution in [3.05, 3.63) is 53.6 Å². The molecule has 0 aliphatic carbocycles. The zero-order valence-corrected chi connectivity index (χ0v) is 15.3. The molecule has 0 spiro atoms. The third kappa shape index (κ3) is 4.34. The van der Waals surface area contributed by atoms with Gasteiger partial charge in [0.2, 0.25) is 0 Å². The Balaban J connectivity index is 1.65. The van der Waals surface area contributed by atoms with Gasteiger partial charge in [-0.3, -0.25) is 0 Å². The molecule has 0 saturated heterocycles. The van der Waals surface area contributed by atoms with E-state index in [0.29, 0.717) is 19.6 Å². The van der Waals surface area contributed by atoms with Crippen molar-refractivity contribution in [3.63, 3.8) is 0 Å². The highest BCUT2D eigenvalue weighted by Gasteiger charge is 2.10. The molecule has 0 bridgehead atoms. The van der Waals surface area contributed by atoms with Gasteiger partial charge in [-0.15, -0.1) is 0 Å². The van der Waals surface area contributed by atoms with Gasteiger partial charge in [0.1, 0.15) is 5.75 Å². The van der Waals surface area contributed by atoms with Crippen LogP contribution in [0, 0.1) is 25.2 Å². The molecular weight excluding hydrogens is 330 g/mol. The zero-order chi connectivity index (χ0) is 17.6. The maximum absolute atomic E-state index is 8.90. The third-order valence-corrected chi connectivity index (χ3v) is 4.79. The zero-order valence-electron chi connectivity index (χ0n) is 14.5. The second-order valence-corrected chi connectivity index (χ2v) is 7.03. The molecule has 3 aromatic rings. The highest BCUT2D eigenvalue weighted by atomic mass is 32.2. The number of nitriles is 1. The predicted octanol–water partition coefficient (Wildman–Crippen LogP) is 4.74. The van der Waals surface area contributed by atoms with E-state index in [0.717, 1.165) is 27.7 Å². The summed E-state index contributed by atoms with van der Waals surface area (Å²) >= 11 is 1.67. The number of nitrogens with zero attached hydrogens (tertiary/aromatic N) is 3. The Hall–Kier alpha value is -2.45. The van der Waals surface area contributed by atoms with Gasteiger partial charge in [0.15, 0.2) is 5.16 Å². The molecule has 5 heteroatoms. The second kappa shape index (κ2) is 8.09. The number of fused-ring (bicyclic) bond motifs is 1. The smallest absolute Gasteiger partial charge is 0.169 e. The van der Waals surface area contributed by atoms with E-state index >= 15 is 0 Å². The number of aryl methyl sites for hydroxylation is 3. The van der Waals surface area contributed by atoms with Gasteiger partial charge in [-0.05, 0) is 49.2 Å². The lowest BCUT2D eigenvalue weighted by atomic mass is 10.1. The fourth-order valence-electron chi connectivity index (χ4n) is 2.85. The summed E-state index contributed by atoms with van der Waals surface area (Å²) in [6.07, 6.45) is 0.479. The quantitative estimate of drug-likeness (QED) is 0.456. The van der Waals surface area contributed by atoms with Crippen molar-refractivity contribution >= 4 is 22.8 Å². The fraction of sp³-hybridized carbons (Fsp3) is 0.300. The predicted molar refractivity (Wildman–Crippen MR) is 102 cm³/mol. The number of benzene rings is 2. The van der Waals surface area contributed by atoms with Crippen LogP contribution >= 0.6 is 11.8 Å². The molecule has 4 nitrogen and oxygen atoms in total. The van der Waals surface area contributed by atoms with E-state index in [9.17, 15) is 0 Å². The maximum Gasteiger partial charge on any atom is 0.169 e. The number of ether oxygens (including phenoxy) is 1. The maximum atomic E-state index is 8.90. The number of para-hydroxylation sites is 2. The monoisotopic (exact) mass is 351 g/mol. The number of aromatic nitrogens is 2. The van der Waals surface area contributed by atoms with Gasteiger partial charge in [-0.2, -0.15) is 5.26 Å². The van der Waals surface area contributed by atoms with Crippen molar-refractivity contribution in [1.29, 1.82) is 5.26 Å². The molecule has 0 fully saturated rings. The lowest BCUT2D eigenvalue weighted by Crippen LogP contribution is -2.04. The first-order chi connectivity index (χ1) is 12.2. The first kappa shape index (κ1) is 17.4. The highest BCUT2D eigenvalue weighted by Crippen LogP contribution is 2.24. The van der Waals surface area contributed by atoms with Gasteiger partial charge in [-0.25, -0.2) is 4.98 Å². The van der Waals surface area contributed by atoms with Crippen LogP contribution in [-0.4, -0.2) is 21.9 Å². The molecule has 128 valence electrons. The summed E-state index contributed by atoms with van der Waals surface area (Å²) in [6.45, 7) is 5.44. The Morgan fingerprint density at radius 1 is 1.16 bits per heavy atom. The molecule has 0 radical (unpaired) electrons. The highest BCUT2D eigenvalue weighted by molar-refractivity contribution is 7.99. The van der Waals surface area contributed by atoms with E-state index < -0.39 is 0 Å². The first-order valence-corrected chi connectivity index (χ1v) is 9.32. The van der Waals surface area contributed by atoms with E-state index in [2.05, 4.69) is 48.7 Å². The normalized spacial score (nSPS) is 10.8. The standard InChI is InChI=1S/C20H21N3OS/c1-15-12-16(2)14-17(13-15)24-10-11-25-20-22-18-6-3-4-7-19(18)23(20)9-5-8-21/h3-4,6-7,12-14H,5,9-11H2,1-2H3. The summed E-state index contributed by atoms with van der Waals surface area (Å²) in [5, 5.41) is 9.85. The van der Waals surface area contributed by atoms with E-state index in [1.54, 1.807) is 11.8 Å². The summed E-state index contributed by atoms with van der Waals surface area (Å²) in [4.78, 5) is 4.70. The lowest BCUT2D eigenvalue weighted by Gasteiger charge is -2.09. The van der Waals surface area contributed by atoms with Crippen LogP contribution in [0.25, 0.3) is 11.0 Å². The second-order valence-electron chi connectivity index (χ2n) is 5.96. The van der Waals surface area contributed by atoms with Crippen molar-refractivity contribution in [3.8, 4) is 11.8 Å². The minimum atomic E-state index is 0.479. The lowest BCUT2D eigenvalue weighted by molar-refractivity contribution is 0.343. The Bertz CT molecular complexity index is 891. The Labute approximate surface area is 152 Å². The molecule has 0 aliphatic heterocycles. The van der Waals surface area contributed by atoms with Gasteiger partial charge in [0.25, 0.3) is 0 Å². The summed E-state index contributed by atoms with van der Waals surface area (Å²) < 4.78 is 8.00. The van der Waals surface area contributed by atoms with Crippen LogP contribution in [0.5, 0.6) is 5.75 Å². The molecule has 2 aromatic carbocycles. The van der Waals surface area contributed by atoms with E-state index in [1.807, 2.05) is 18.2 Å². The van der Waals surface area contributed by atoms with Crippen molar-refractivity contribution in [2.24, 2.45) is 0 Å². The van der Waals surface area contributed by atoms with Gasteiger partial charge >= 0.3 is 0 Å². The van der Waals surface area contributed by atoms with Gasteiger partial charge < -0.3 is 9.30 Å². The van der Waals surface area contributed by atoms with Crippen LogP contribution < -0.4 is 4.74 Å². The van der Waals surface area contributed by atoms with E-state index in [-0.39, 0.29) is 0 Å². The topological polar surface area (TPSA) is 50.8 Å². The summed E-state index contributed by atoms with van der Waals surface area (Å²) in [5.41, 5.74) is 4.47. The molecule has 1 heterocycles. The largest absolute Gasteiger partial charge is 0.493 e. The van der Waals surface area contributed by atoms with Crippen molar-refractivity contribution < 1.29 is 4.74 Å². The van der Waals surface area contributed by atoms with Crippen molar-refractivity contribution in [1.82, 2.24) is 9.55 Å². The molecule has 3 rings (SSSR count). The van der Waals surface area contributed by atoms with Gasteiger partial charge in [0.05, 0.1) is 30.1 Å². The van der Waals surface area contributed by atoms with Crippen LogP contribution in [0.3, 0.4) is 0 Å². The van der Waals surface area contributed by atoms with Gasteiger partial charge in [0, 0.05) is 12.3 Å². The molecule has 0 N–H and O–H groups in total. The number of hydrogen-bond donors (Lipinski definition) is 0. The van der Waals surface area contributed by atoms with Crippen molar-refractivity contribution in [2.75, 3.05) is 12.4 Å². The Kier molecular flexibility index (Phi) is 5.62. The number of thioether (sulfide) groups is 1. The SMILES string of the molecule is Cc1cc(C)cc(OCCSc2nc3ccccc3n2CCC#N)c1. The molecule has 0 unspecified atom stereocenters. The van der Waals surface area contributed by atoms with Crippen LogP contribution in [0.4, 0.5) is 0 Å². The fourth-order valence-corrected chi connectivity index (χ4v) is 3.71. The molecule has 0 saturated carbocycles. The first-order valence-electron chi connectivity index (χ1n) is 8.33. The Morgan fingerprint density at radius 2 is 1.92 bits per heavy atom. The average Bonchev–Trinajstić information content (AvgIpc) is 2.93. The molecule has 0 atom stereocenters. The summed E-state index contributed by atoms with van der Waals surface area (Å²) in [5.74, 6) is 1.72. The van der Waals surface area contributed by atoms with Crippen LogP contribution in [-0.2, 0) is 6.54 Å². The molecule has 0 aliphatic rings. The molecule has 1 aromatic heterocycles. The van der Waals surface area contributed by atoms with Crippen LogP contribution in [0.1, 0.15) is 17.5 Å². The molecule has 0 amide bonds. The molecule has 25 heavy (non-hydrogen) atoms. The average molecular weight is 351 g/mol.